The first-order valence-electron chi connectivity index (χ1n) is 4.95. The van der Waals surface area contributed by atoms with Gasteiger partial charge in [-0.05, 0) is 40.2 Å². The van der Waals surface area contributed by atoms with Crippen molar-refractivity contribution in [1.82, 2.24) is 4.98 Å². The minimum atomic E-state index is -0.638. The summed E-state index contributed by atoms with van der Waals surface area (Å²) in [5, 5.41) is 0. The third kappa shape index (κ3) is 2.84. The predicted molar refractivity (Wildman–Crippen MR) is 66.9 cm³/mol. The van der Waals surface area contributed by atoms with Crippen molar-refractivity contribution < 1.29 is 13.9 Å². The Kier molecular flexibility index (Phi) is 3.57. The highest BCUT2D eigenvalue weighted by Gasteiger charge is 2.06. The molecular weight excluding hydrogens is 303 g/mol. The molecule has 2 rings (SSSR count). The molecule has 0 bridgehead atoms. The smallest absolute Gasteiger partial charge is 0.267 e. The quantitative estimate of drug-likeness (QED) is 0.948. The van der Waals surface area contributed by atoms with Crippen LogP contribution in [0.1, 0.15) is 10.5 Å². The second-order valence-corrected chi connectivity index (χ2v) is 4.27. The van der Waals surface area contributed by atoms with E-state index in [2.05, 4.69) is 20.9 Å². The van der Waals surface area contributed by atoms with Gasteiger partial charge in [-0.1, -0.05) is 0 Å². The van der Waals surface area contributed by atoms with E-state index >= 15 is 0 Å². The van der Waals surface area contributed by atoms with Gasteiger partial charge in [0.05, 0.1) is 4.47 Å². The first kappa shape index (κ1) is 12.5. The van der Waals surface area contributed by atoms with Crippen LogP contribution in [0.3, 0.4) is 0 Å². The summed E-state index contributed by atoms with van der Waals surface area (Å²) in [5.74, 6) is -0.183. The standard InChI is InChI=1S/C12H8BrFN2O2/c13-9-5-7(1-2-10(9)14)18-8-3-4-16-11(6-8)12(15)17/h1-6H,(H2,15,17). The SMILES string of the molecule is NC(=O)c1cc(Oc2ccc(F)c(Br)c2)ccn1. The van der Waals surface area contributed by atoms with Crippen molar-refractivity contribution in [2.45, 2.75) is 0 Å². The van der Waals surface area contributed by atoms with Crippen LogP contribution in [0.25, 0.3) is 0 Å². The van der Waals surface area contributed by atoms with Crippen LogP contribution >= 0.6 is 15.9 Å². The van der Waals surface area contributed by atoms with Gasteiger partial charge in [0.1, 0.15) is 23.0 Å². The molecule has 1 aromatic heterocycles. The van der Waals surface area contributed by atoms with Gasteiger partial charge < -0.3 is 10.5 Å². The first-order chi connectivity index (χ1) is 8.56. The van der Waals surface area contributed by atoms with Crippen LogP contribution in [0, 0.1) is 5.82 Å². The molecule has 0 aliphatic rings. The molecule has 0 spiro atoms. The zero-order valence-corrected chi connectivity index (χ0v) is 10.6. The summed E-state index contributed by atoms with van der Waals surface area (Å²) < 4.78 is 18.8. The molecular formula is C12H8BrFN2O2. The van der Waals surface area contributed by atoms with E-state index in [1.165, 1.54) is 30.5 Å². The lowest BCUT2D eigenvalue weighted by Gasteiger charge is -2.06. The Morgan fingerprint density at radius 2 is 2.00 bits per heavy atom. The van der Waals surface area contributed by atoms with E-state index < -0.39 is 5.91 Å². The number of nitrogens with zero attached hydrogens (tertiary/aromatic N) is 1. The Morgan fingerprint density at radius 1 is 1.28 bits per heavy atom. The maximum atomic E-state index is 13.0. The number of carbonyl (C=O) groups excluding carboxylic acids is 1. The topological polar surface area (TPSA) is 65.2 Å². The van der Waals surface area contributed by atoms with Gasteiger partial charge in [0.25, 0.3) is 5.91 Å². The number of ether oxygens (including phenoxy) is 1. The van der Waals surface area contributed by atoms with E-state index in [0.29, 0.717) is 16.0 Å². The number of primary amides is 1. The molecule has 0 radical (unpaired) electrons. The van der Waals surface area contributed by atoms with Crippen LogP contribution in [0.5, 0.6) is 11.5 Å². The molecule has 0 aliphatic carbocycles. The minimum absolute atomic E-state index is 0.105. The second-order valence-electron chi connectivity index (χ2n) is 3.42. The Morgan fingerprint density at radius 3 is 2.67 bits per heavy atom. The Bertz CT molecular complexity index is 604. The van der Waals surface area contributed by atoms with Crippen LogP contribution in [-0.2, 0) is 0 Å². The maximum Gasteiger partial charge on any atom is 0.267 e. The molecule has 0 saturated heterocycles. The third-order valence-electron chi connectivity index (χ3n) is 2.11. The summed E-state index contributed by atoms with van der Waals surface area (Å²) in [5.41, 5.74) is 5.21. The largest absolute Gasteiger partial charge is 0.457 e. The highest BCUT2D eigenvalue weighted by Crippen LogP contribution is 2.26. The molecule has 0 unspecified atom stereocenters. The summed E-state index contributed by atoms with van der Waals surface area (Å²) >= 11 is 3.06. The van der Waals surface area contributed by atoms with Crippen LogP contribution < -0.4 is 10.5 Å². The first-order valence-corrected chi connectivity index (χ1v) is 5.74. The lowest BCUT2D eigenvalue weighted by Crippen LogP contribution is -2.12. The van der Waals surface area contributed by atoms with E-state index in [0.717, 1.165) is 0 Å². The van der Waals surface area contributed by atoms with Crippen molar-refractivity contribution in [2.24, 2.45) is 5.73 Å². The molecule has 0 aliphatic heterocycles. The Hall–Kier alpha value is -1.95. The van der Waals surface area contributed by atoms with Gasteiger partial charge in [-0.15, -0.1) is 0 Å². The molecule has 0 fully saturated rings. The molecule has 18 heavy (non-hydrogen) atoms. The fraction of sp³-hybridized carbons (Fsp3) is 0. The summed E-state index contributed by atoms with van der Waals surface area (Å²) in [6.45, 7) is 0. The fourth-order valence-electron chi connectivity index (χ4n) is 1.29. The maximum absolute atomic E-state index is 13.0. The van der Waals surface area contributed by atoms with Gasteiger partial charge in [-0.3, -0.25) is 9.78 Å². The average molecular weight is 311 g/mol. The van der Waals surface area contributed by atoms with E-state index in [4.69, 9.17) is 10.5 Å². The summed E-state index contributed by atoms with van der Waals surface area (Å²) in [7, 11) is 0. The number of amides is 1. The Labute approximate surface area is 111 Å². The number of aromatic nitrogens is 1. The molecule has 1 aromatic carbocycles. The Balaban J connectivity index is 2.25. The highest BCUT2D eigenvalue weighted by atomic mass is 79.9. The highest BCUT2D eigenvalue weighted by molar-refractivity contribution is 9.10. The summed E-state index contributed by atoms with van der Waals surface area (Å²) in [4.78, 5) is 14.7. The second kappa shape index (κ2) is 5.14. The van der Waals surface area contributed by atoms with E-state index in [9.17, 15) is 9.18 Å². The van der Waals surface area contributed by atoms with E-state index in [-0.39, 0.29) is 11.5 Å². The lowest BCUT2D eigenvalue weighted by atomic mass is 10.3. The van der Waals surface area contributed by atoms with Crippen LogP contribution in [0.15, 0.2) is 41.0 Å². The molecule has 0 saturated carbocycles. The normalized spacial score (nSPS) is 10.1. The molecule has 0 atom stereocenters. The predicted octanol–water partition coefficient (Wildman–Crippen LogP) is 2.87. The monoisotopic (exact) mass is 310 g/mol. The molecule has 6 heteroatoms. The number of rotatable bonds is 3. The van der Waals surface area contributed by atoms with Crippen LogP contribution in [0.2, 0.25) is 0 Å². The summed E-state index contributed by atoms with van der Waals surface area (Å²) in [6, 6.07) is 7.23. The number of hydrogen-bond donors (Lipinski definition) is 1. The van der Waals surface area contributed by atoms with Crippen molar-refractivity contribution in [1.29, 1.82) is 0 Å². The lowest BCUT2D eigenvalue weighted by molar-refractivity contribution is 0.0995. The van der Waals surface area contributed by atoms with Crippen LogP contribution in [0.4, 0.5) is 4.39 Å². The van der Waals surface area contributed by atoms with Gasteiger partial charge in [-0.2, -0.15) is 0 Å². The molecule has 1 heterocycles. The molecule has 2 aromatic rings. The fourth-order valence-corrected chi connectivity index (χ4v) is 1.64. The van der Waals surface area contributed by atoms with Crippen molar-refractivity contribution >= 4 is 21.8 Å². The number of carbonyl (C=O) groups is 1. The van der Waals surface area contributed by atoms with Crippen molar-refractivity contribution in [2.75, 3.05) is 0 Å². The molecule has 92 valence electrons. The van der Waals surface area contributed by atoms with E-state index in [1.54, 1.807) is 6.07 Å². The van der Waals surface area contributed by atoms with Crippen molar-refractivity contribution in [3.63, 3.8) is 0 Å². The molecule has 2 N–H and O–H groups in total. The summed E-state index contributed by atoms with van der Waals surface area (Å²) in [6.07, 6.45) is 1.41. The minimum Gasteiger partial charge on any atom is -0.457 e. The van der Waals surface area contributed by atoms with Gasteiger partial charge in [0, 0.05) is 12.3 Å². The number of pyridine rings is 1. The van der Waals surface area contributed by atoms with Crippen molar-refractivity contribution in [3.05, 3.63) is 52.5 Å². The van der Waals surface area contributed by atoms with E-state index in [1.807, 2.05) is 0 Å². The van der Waals surface area contributed by atoms with Gasteiger partial charge >= 0.3 is 0 Å². The number of halogens is 2. The molecule has 4 nitrogen and oxygen atoms in total. The van der Waals surface area contributed by atoms with Gasteiger partial charge in [0.15, 0.2) is 0 Å². The number of benzene rings is 1. The number of hydrogen-bond acceptors (Lipinski definition) is 3. The zero-order chi connectivity index (χ0) is 13.1. The zero-order valence-electron chi connectivity index (χ0n) is 9.06. The van der Waals surface area contributed by atoms with Crippen molar-refractivity contribution in [3.8, 4) is 11.5 Å². The van der Waals surface area contributed by atoms with Crippen LogP contribution in [-0.4, -0.2) is 10.9 Å². The molecule has 1 amide bonds. The van der Waals surface area contributed by atoms with Gasteiger partial charge in [-0.25, -0.2) is 4.39 Å². The van der Waals surface area contributed by atoms with Gasteiger partial charge in [0.2, 0.25) is 0 Å². The number of nitrogens with two attached hydrogens (primary N) is 1. The third-order valence-corrected chi connectivity index (χ3v) is 2.72. The average Bonchev–Trinajstić information content (AvgIpc) is 2.34.